The topological polar surface area (TPSA) is 51.2 Å². The Morgan fingerprint density at radius 2 is 1.94 bits per heavy atom. The van der Waals surface area contributed by atoms with Crippen molar-refractivity contribution in [1.82, 2.24) is 0 Å². The predicted octanol–water partition coefficient (Wildman–Crippen LogP) is 1.71. The zero-order chi connectivity index (χ0) is 12.1. The second kappa shape index (κ2) is 3.35. The van der Waals surface area contributed by atoms with Gasteiger partial charge in [0.1, 0.15) is 16.5 Å². The number of Topliss-reactive ketones (excluding diaryl/α,β-unsaturated/α-hetero) is 1. The van der Waals surface area contributed by atoms with E-state index in [0.717, 1.165) is 6.07 Å². The molecule has 3 nitrogen and oxygen atoms in total. The first-order valence-electron chi connectivity index (χ1n) is 4.60. The summed E-state index contributed by atoms with van der Waals surface area (Å²) < 4.78 is 49.8. The summed E-state index contributed by atoms with van der Waals surface area (Å²) in [6, 6.07) is 1.24. The van der Waals surface area contributed by atoms with Crippen LogP contribution in [0.5, 0.6) is 0 Å². The van der Waals surface area contributed by atoms with Crippen molar-refractivity contribution in [2.24, 2.45) is 0 Å². The fourth-order valence-corrected chi connectivity index (χ4v) is 3.32. The van der Waals surface area contributed by atoms with E-state index in [2.05, 4.69) is 0 Å². The molecule has 1 heterocycles. The summed E-state index contributed by atoms with van der Waals surface area (Å²) in [7, 11) is -3.86. The Hall–Kier alpha value is -1.30. The summed E-state index contributed by atoms with van der Waals surface area (Å²) in [5.74, 6) is -2.69. The molecular weight excluding hydrogens is 238 g/mol. The molecule has 0 amide bonds. The maximum Gasteiger partial charge on any atom is 0.185 e. The molecule has 0 aliphatic carbocycles. The van der Waals surface area contributed by atoms with Gasteiger partial charge in [0, 0.05) is 18.1 Å². The molecule has 1 aromatic carbocycles. The van der Waals surface area contributed by atoms with Crippen molar-refractivity contribution in [3.05, 3.63) is 29.3 Å². The van der Waals surface area contributed by atoms with Crippen LogP contribution in [-0.4, -0.2) is 19.5 Å². The molecule has 0 saturated carbocycles. The van der Waals surface area contributed by atoms with E-state index in [9.17, 15) is 22.0 Å². The van der Waals surface area contributed by atoms with Gasteiger partial charge in [-0.1, -0.05) is 0 Å². The Bertz CT molecular complexity index is 578. The van der Waals surface area contributed by atoms with Crippen LogP contribution in [0.25, 0.3) is 0 Å². The van der Waals surface area contributed by atoms with Gasteiger partial charge in [0.05, 0.1) is 5.25 Å². The third kappa shape index (κ3) is 1.44. The van der Waals surface area contributed by atoms with Crippen molar-refractivity contribution in [2.75, 3.05) is 0 Å². The van der Waals surface area contributed by atoms with Crippen LogP contribution in [-0.2, 0) is 9.84 Å². The summed E-state index contributed by atoms with van der Waals surface area (Å²) in [4.78, 5) is 10.8. The van der Waals surface area contributed by atoms with E-state index in [0.29, 0.717) is 6.07 Å². The molecule has 86 valence electrons. The first-order chi connectivity index (χ1) is 7.34. The molecule has 0 N–H and O–H groups in total. The molecule has 2 rings (SSSR count). The highest BCUT2D eigenvalue weighted by atomic mass is 32.2. The highest BCUT2D eigenvalue weighted by Gasteiger charge is 2.38. The number of hydrogen-bond donors (Lipinski definition) is 0. The zero-order valence-corrected chi connectivity index (χ0v) is 9.14. The minimum Gasteiger partial charge on any atom is -0.294 e. The maximum absolute atomic E-state index is 13.4. The molecule has 1 aliphatic heterocycles. The van der Waals surface area contributed by atoms with Crippen molar-refractivity contribution < 1.29 is 22.0 Å². The molecule has 1 aromatic rings. The molecule has 1 aliphatic rings. The second-order valence-corrected chi connectivity index (χ2v) is 6.05. The van der Waals surface area contributed by atoms with Crippen molar-refractivity contribution in [1.29, 1.82) is 0 Å². The van der Waals surface area contributed by atoms with E-state index in [-0.39, 0.29) is 12.0 Å². The summed E-state index contributed by atoms with van der Waals surface area (Å²) in [5.41, 5.74) is -0.379. The number of halogens is 2. The van der Waals surface area contributed by atoms with Gasteiger partial charge in [-0.15, -0.1) is 0 Å². The molecule has 1 atom stereocenters. The molecule has 0 saturated heterocycles. The van der Waals surface area contributed by atoms with Crippen LogP contribution in [0.2, 0.25) is 0 Å². The van der Waals surface area contributed by atoms with Gasteiger partial charge in [-0.05, 0) is 13.0 Å². The SMILES string of the molecule is CC1CC(=O)c2cc(F)cc(F)c2S1(=O)=O. The average molecular weight is 246 g/mol. The van der Waals surface area contributed by atoms with E-state index in [1.807, 2.05) is 0 Å². The van der Waals surface area contributed by atoms with Crippen LogP contribution in [0.3, 0.4) is 0 Å². The maximum atomic E-state index is 13.4. The monoisotopic (exact) mass is 246 g/mol. The van der Waals surface area contributed by atoms with E-state index >= 15 is 0 Å². The fraction of sp³-hybridized carbons (Fsp3) is 0.300. The molecule has 0 fully saturated rings. The van der Waals surface area contributed by atoms with Gasteiger partial charge >= 0.3 is 0 Å². The summed E-state index contributed by atoms with van der Waals surface area (Å²) in [6.07, 6.45) is -0.238. The van der Waals surface area contributed by atoms with Crippen LogP contribution in [0.1, 0.15) is 23.7 Å². The number of ketones is 1. The summed E-state index contributed by atoms with van der Waals surface area (Å²) >= 11 is 0. The lowest BCUT2D eigenvalue weighted by atomic mass is 10.1. The molecule has 0 bridgehead atoms. The predicted molar refractivity (Wildman–Crippen MR) is 52.0 cm³/mol. The highest BCUT2D eigenvalue weighted by molar-refractivity contribution is 7.92. The van der Waals surface area contributed by atoms with Crippen molar-refractivity contribution >= 4 is 15.6 Å². The van der Waals surface area contributed by atoms with Crippen molar-refractivity contribution in [3.8, 4) is 0 Å². The lowest BCUT2D eigenvalue weighted by Gasteiger charge is -2.21. The number of fused-ring (bicyclic) bond motifs is 1. The zero-order valence-electron chi connectivity index (χ0n) is 8.33. The average Bonchev–Trinajstić information content (AvgIpc) is 2.13. The van der Waals surface area contributed by atoms with Crippen LogP contribution >= 0.6 is 0 Å². The lowest BCUT2D eigenvalue weighted by molar-refractivity contribution is 0.0974. The van der Waals surface area contributed by atoms with Crippen LogP contribution < -0.4 is 0 Å². The standard InChI is InChI=1S/C10H8F2O3S/c1-5-2-9(13)7-3-6(11)4-8(12)10(7)16(5,14)15/h3-5H,2H2,1H3. The molecule has 6 heteroatoms. The Kier molecular flexibility index (Phi) is 2.34. The van der Waals surface area contributed by atoms with Gasteiger partial charge in [-0.3, -0.25) is 4.79 Å². The van der Waals surface area contributed by atoms with E-state index in [1.165, 1.54) is 6.92 Å². The largest absolute Gasteiger partial charge is 0.294 e. The van der Waals surface area contributed by atoms with Gasteiger partial charge in [0.15, 0.2) is 15.6 Å². The molecule has 16 heavy (non-hydrogen) atoms. The Morgan fingerprint density at radius 1 is 1.31 bits per heavy atom. The Labute approximate surface area is 91.0 Å². The smallest absolute Gasteiger partial charge is 0.185 e. The first-order valence-corrected chi connectivity index (χ1v) is 6.15. The van der Waals surface area contributed by atoms with Gasteiger partial charge in [-0.25, -0.2) is 17.2 Å². The van der Waals surface area contributed by atoms with Crippen LogP contribution in [0.15, 0.2) is 17.0 Å². The number of carbonyl (C=O) groups excluding carboxylic acids is 1. The van der Waals surface area contributed by atoms with Crippen LogP contribution in [0.4, 0.5) is 8.78 Å². The Balaban J connectivity index is 2.85. The quantitative estimate of drug-likeness (QED) is 0.655. The van der Waals surface area contributed by atoms with E-state index < -0.39 is 37.4 Å². The van der Waals surface area contributed by atoms with Gasteiger partial charge in [-0.2, -0.15) is 0 Å². The number of rotatable bonds is 0. The summed E-state index contributed by atoms with van der Waals surface area (Å²) in [5, 5.41) is -0.965. The molecule has 0 aromatic heterocycles. The minimum atomic E-state index is -3.86. The first kappa shape index (κ1) is 11.2. The van der Waals surface area contributed by atoms with E-state index in [4.69, 9.17) is 0 Å². The van der Waals surface area contributed by atoms with Crippen molar-refractivity contribution in [3.63, 3.8) is 0 Å². The number of carbonyl (C=O) groups is 1. The van der Waals surface area contributed by atoms with Crippen LogP contribution in [0, 0.1) is 11.6 Å². The number of benzene rings is 1. The molecule has 0 spiro atoms. The molecular formula is C10H8F2O3S. The normalized spacial score (nSPS) is 22.9. The fourth-order valence-electron chi connectivity index (χ4n) is 1.74. The minimum absolute atomic E-state index is 0.238. The number of sulfone groups is 1. The van der Waals surface area contributed by atoms with Crippen molar-refractivity contribution in [2.45, 2.75) is 23.5 Å². The Morgan fingerprint density at radius 3 is 2.56 bits per heavy atom. The highest BCUT2D eigenvalue weighted by Crippen LogP contribution is 2.32. The van der Waals surface area contributed by atoms with Gasteiger partial charge in [0.2, 0.25) is 0 Å². The lowest BCUT2D eigenvalue weighted by Crippen LogP contribution is -2.30. The molecule has 1 unspecified atom stereocenters. The molecule has 0 radical (unpaired) electrons. The third-order valence-corrected chi connectivity index (χ3v) is 4.81. The van der Waals surface area contributed by atoms with Gasteiger partial charge < -0.3 is 0 Å². The third-order valence-electron chi connectivity index (χ3n) is 2.60. The number of hydrogen-bond acceptors (Lipinski definition) is 3. The summed E-state index contributed by atoms with van der Waals surface area (Å²) in [6.45, 7) is 1.33. The van der Waals surface area contributed by atoms with E-state index in [1.54, 1.807) is 0 Å². The second-order valence-electron chi connectivity index (χ2n) is 3.75. The van der Waals surface area contributed by atoms with Gasteiger partial charge in [0.25, 0.3) is 0 Å².